The Kier molecular flexibility index (Phi) is 3.79. The Morgan fingerprint density at radius 1 is 1.41 bits per heavy atom. The highest BCUT2D eigenvalue weighted by Gasteiger charge is 2.15. The van der Waals surface area contributed by atoms with Crippen LogP contribution in [0.3, 0.4) is 0 Å². The fraction of sp³-hybridized carbons (Fsp3) is 0.500. The van der Waals surface area contributed by atoms with E-state index in [0.29, 0.717) is 12.5 Å². The van der Waals surface area contributed by atoms with Crippen LogP contribution in [0.4, 0.5) is 5.69 Å². The van der Waals surface area contributed by atoms with Gasteiger partial charge in [-0.1, -0.05) is 19.1 Å². The molecule has 2 rings (SSSR count). The van der Waals surface area contributed by atoms with Gasteiger partial charge >= 0.3 is 0 Å². The summed E-state index contributed by atoms with van der Waals surface area (Å²) in [6, 6.07) is 6.70. The van der Waals surface area contributed by atoms with Gasteiger partial charge in [0.15, 0.2) is 0 Å². The van der Waals surface area contributed by atoms with Crippen molar-refractivity contribution < 1.29 is 4.79 Å². The fourth-order valence-corrected chi connectivity index (χ4v) is 2.15. The summed E-state index contributed by atoms with van der Waals surface area (Å²) in [5.41, 5.74) is 3.54. The molecule has 1 amide bonds. The minimum atomic E-state index is 0.127. The van der Waals surface area contributed by atoms with Crippen LogP contribution < -0.4 is 10.6 Å². The monoisotopic (exact) mass is 232 g/mol. The number of rotatable bonds is 4. The molecule has 0 bridgehead atoms. The van der Waals surface area contributed by atoms with Gasteiger partial charge in [0.1, 0.15) is 0 Å². The first-order valence-corrected chi connectivity index (χ1v) is 6.36. The number of fused-ring (bicyclic) bond motifs is 1. The molecule has 0 saturated heterocycles. The first-order chi connectivity index (χ1) is 8.20. The van der Waals surface area contributed by atoms with E-state index < -0.39 is 0 Å². The summed E-state index contributed by atoms with van der Waals surface area (Å²) in [7, 11) is 0. The van der Waals surface area contributed by atoms with E-state index in [4.69, 9.17) is 0 Å². The minimum Gasteiger partial charge on any atom is -0.326 e. The lowest BCUT2D eigenvalue weighted by Gasteiger charge is -2.20. The second kappa shape index (κ2) is 5.32. The highest BCUT2D eigenvalue weighted by Crippen LogP contribution is 2.25. The van der Waals surface area contributed by atoms with E-state index in [-0.39, 0.29) is 5.91 Å². The van der Waals surface area contributed by atoms with Gasteiger partial charge in [-0.2, -0.15) is 0 Å². The van der Waals surface area contributed by atoms with Crippen LogP contribution in [0.5, 0.6) is 0 Å². The van der Waals surface area contributed by atoms with Crippen molar-refractivity contribution in [3.8, 4) is 0 Å². The van der Waals surface area contributed by atoms with E-state index in [2.05, 4.69) is 36.6 Å². The van der Waals surface area contributed by atoms with Gasteiger partial charge in [0.05, 0.1) is 0 Å². The Balaban J connectivity index is 2.13. The van der Waals surface area contributed by atoms with Crippen molar-refractivity contribution in [1.29, 1.82) is 0 Å². The van der Waals surface area contributed by atoms with Crippen LogP contribution in [0.15, 0.2) is 18.2 Å². The quantitative estimate of drug-likeness (QED) is 0.838. The topological polar surface area (TPSA) is 41.1 Å². The predicted molar refractivity (Wildman–Crippen MR) is 70.1 cm³/mol. The zero-order chi connectivity index (χ0) is 12.3. The summed E-state index contributed by atoms with van der Waals surface area (Å²) < 4.78 is 0. The molecule has 3 nitrogen and oxygen atoms in total. The number of hydrogen-bond donors (Lipinski definition) is 2. The third-order valence-corrected chi connectivity index (χ3v) is 3.23. The van der Waals surface area contributed by atoms with Crippen LogP contribution in [0.25, 0.3) is 0 Å². The summed E-state index contributed by atoms with van der Waals surface area (Å²) in [5.74, 6) is 0.127. The smallest absolute Gasteiger partial charge is 0.224 e. The number of nitrogens with one attached hydrogen (secondary N) is 2. The molecule has 1 aliphatic heterocycles. The van der Waals surface area contributed by atoms with E-state index in [1.165, 1.54) is 11.1 Å². The van der Waals surface area contributed by atoms with E-state index in [0.717, 1.165) is 25.1 Å². The molecule has 0 fully saturated rings. The van der Waals surface area contributed by atoms with Crippen LogP contribution in [0.2, 0.25) is 0 Å². The van der Waals surface area contributed by atoms with Gasteiger partial charge in [0.25, 0.3) is 0 Å². The maximum absolute atomic E-state index is 11.3. The van der Waals surface area contributed by atoms with Gasteiger partial charge in [-0.25, -0.2) is 0 Å². The minimum absolute atomic E-state index is 0.127. The number of hydrogen-bond acceptors (Lipinski definition) is 2. The molecular formula is C14H20N2O. The molecular weight excluding hydrogens is 212 g/mol. The van der Waals surface area contributed by atoms with Gasteiger partial charge in [-0.3, -0.25) is 4.79 Å². The normalized spacial score (nSPS) is 16.2. The summed E-state index contributed by atoms with van der Waals surface area (Å²) in [5, 5.41) is 6.39. The average Bonchev–Trinajstić information content (AvgIpc) is 2.35. The zero-order valence-electron chi connectivity index (χ0n) is 10.5. The fourth-order valence-electron chi connectivity index (χ4n) is 2.15. The predicted octanol–water partition coefficient (Wildman–Crippen LogP) is 2.63. The van der Waals surface area contributed by atoms with Gasteiger partial charge in [-0.05, 0) is 43.5 Å². The zero-order valence-corrected chi connectivity index (χ0v) is 10.5. The lowest BCUT2D eigenvalue weighted by molar-refractivity contribution is -0.116. The van der Waals surface area contributed by atoms with Gasteiger partial charge in [0.2, 0.25) is 5.91 Å². The SMILES string of the molecule is CCCNC(C)c1ccc2c(c1)CCC(=O)N2. The third kappa shape index (κ3) is 2.86. The lowest BCUT2D eigenvalue weighted by Crippen LogP contribution is -2.21. The molecule has 1 heterocycles. The van der Waals surface area contributed by atoms with E-state index in [9.17, 15) is 4.79 Å². The lowest BCUT2D eigenvalue weighted by atomic mass is 9.98. The van der Waals surface area contributed by atoms with Gasteiger partial charge in [0, 0.05) is 18.2 Å². The van der Waals surface area contributed by atoms with Crippen LogP contribution in [-0.4, -0.2) is 12.5 Å². The van der Waals surface area contributed by atoms with Crippen LogP contribution in [0.1, 0.15) is 43.9 Å². The number of anilines is 1. The van der Waals surface area contributed by atoms with Crippen molar-refractivity contribution in [2.75, 3.05) is 11.9 Å². The van der Waals surface area contributed by atoms with Crippen LogP contribution in [-0.2, 0) is 11.2 Å². The highest BCUT2D eigenvalue weighted by atomic mass is 16.1. The number of amides is 1. The Morgan fingerprint density at radius 2 is 2.24 bits per heavy atom. The summed E-state index contributed by atoms with van der Waals surface area (Å²) >= 11 is 0. The second-order valence-corrected chi connectivity index (χ2v) is 4.64. The maximum atomic E-state index is 11.3. The number of benzene rings is 1. The van der Waals surface area contributed by atoms with E-state index in [1.807, 2.05) is 6.07 Å². The Hall–Kier alpha value is -1.35. The molecule has 0 aromatic heterocycles. The summed E-state index contributed by atoms with van der Waals surface area (Å²) in [6.45, 7) is 5.38. The van der Waals surface area contributed by atoms with Crippen molar-refractivity contribution >= 4 is 11.6 Å². The molecule has 1 aliphatic rings. The summed E-state index contributed by atoms with van der Waals surface area (Å²) in [4.78, 5) is 11.3. The van der Waals surface area contributed by atoms with Crippen LogP contribution >= 0.6 is 0 Å². The maximum Gasteiger partial charge on any atom is 0.224 e. The first kappa shape index (κ1) is 12.1. The first-order valence-electron chi connectivity index (χ1n) is 6.36. The number of carbonyl (C=O) groups is 1. The molecule has 1 aromatic carbocycles. The molecule has 0 radical (unpaired) electrons. The molecule has 17 heavy (non-hydrogen) atoms. The summed E-state index contributed by atoms with van der Waals surface area (Å²) in [6.07, 6.45) is 2.61. The molecule has 0 spiro atoms. The van der Waals surface area contributed by atoms with E-state index >= 15 is 0 Å². The van der Waals surface area contributed by atoms with Crippen molar-refractivity contribution in [2.24, 2.45) is 0 Å². The number of aryl methyl sites for hydroxylation is 1. The molecule has 1 unspecified atom stereocenters. The Morgan fingerprint density at radius 3 is 3.00 bits per heavy atom. The molecule has 0 saturated carbocycles. The van der Waals surface area contributed by atoms with Crippen molar-refractivity contribution in [2.45, 2.75) is 39.2 Å². The van der Waals surface area contributed by atoms with E-state index in [1.54, 1.807) is 0 Å². The Bertz CT molecular complexity index is 415. The van der Waals surface area contributed by atoms with Crippen molar-refractivity contribution in [1.82, 2.24) is 5.32 Å². The highest BCUT2D eigenvalue weighted by molar-refractivity contribution is 5.93. The van der Waals surface area contributed by atoms with Crippen molar-refractivity contribution in [3.05, 3.63) is 29.3 Å². The molecule has 2 N–H and O–H groups in total. The van der Waals surface area contributed by atoms with Gasteiger partial charge in [-0.15, -0.1) is 0 Å². The van der Waals surface area contributed by atoms with Crippen LogP contribution in [0, 0.1) is 0 Å². The molecule has 1 atom stereocenters. The average molecular weight is 232 g/mol. The van der Waals surface area contributed by atoms with Crippen molar-refractivity contribution in [3.63, 3.8) is 0 Å². The third-order valence-electron chi connectivity index (χ3n) is 3.23. The van der Waals surface area contributed by atoms with Gasteiger partial charge < -0.3 is 10.6 Å². The molecule has 92 valence electrons. The molecule has 0 aliphatic carbocycles. The molecule has 3 heteroatoms. The largest absolute Gasteiger partial charge is 0.326 e. The standard InChI is InChI=1S/C14H20N2O/c1-3-8-15-10(2)11-4-6-13-12(9-11)5-7-14(17)16-13/h4,6,9-10,15H,3,5,7-8H2,1-2H3,(H,16,17). The molecule has 1 aromatic rings. The number of carbonyl (C=O) groups excluding carboxylic acids is 1. The second-order valence-electron chi connectivity index (χ2n) is 4.64. The Labute approximate surface area is 103 Å².